The van der Waals surface area contributed by atoms with Gasteiger partial charge in [-0.05, 0) is 49.2 Å². The monoisotopic (exact) mass is 296 g/mol. The van der Waals surface area contributed by atoms with Crippen LogP contribution in [-0.4, -0.2) is 26.0 Å². The summed E-state index contributed by atoms with van der Waals surface area (Å²) in [5, 5.41) is 13.5. The maximum atomic E-state index is 6.13. The first kappa shape index (κ1) is 14.3. The van der Waals surface area contributed by atoms with Crippen LogP contribution < -0.4 is 0 Å². The molecular weight excluding hydrogens is 280 g/mol. The van der Waals surface area contributed by atoms with Crippen LogP contribution in [0.25, 0.3) is 0 Å². The Bertz CT molecular complexity index is 548. The van der Waals surface area contributed by atoms with Crippen molar-refractivity contribution in [2.24, 2.45) is 0 Å². The number of thioether (sulfide) groups is 1. The van der Waals surface area contributed by atoms with Gasteiger partial charge in [-0.3, -0.25) is 0 Å². The van der Waals surface area contributed by atoms with E-state index in [0.29, 0.717) is 0 Å². The van der Waals surface area contributed by atoms with Gasteiger partial charge in [-0.15, -0.1) is 5.10 Å². The minimum absolute atomic E-state index is 0.101. The Morgan fingerprint density at radius 3 is 2.68 bits per heavy atom. The molecule has 0 radical (unpaired) electrons. The number of rotatable bonds is 4. The van der Waals surface area contributed by atoms with Gasteiger partial charge in [0.25, 0.3) is 0 Å². The lowest BCUT2D eigenvalue weighted by Gasteiger charge is -2.19. The van der Waals surface area contributed by atoms with Crippen LogP contribution in [-0.2, 0) is 12.0 Å². The highest BCUT2D eigenvalue weighted by Gasteiger charge is 2.19. The van der Waals surface area contributed by atoms with E-state index in [1.165, 1.54) is 0 Å². The van der Waals surface area contributed by atoms with Crippen LogP contribution in [0.4, 0.5) is 0 Å². The van der Waals surface area contributed by atoms with E-state index in [1.807, 2.05) is 22.9 Å². The fourth-order valence-electron chi connectivity index (χ4n) is 1.64. The van der Waals surface area contributed by atoms with Crippen LogP contribution in [0.5, 0.6) is 0 Å². The topological polar surface area (TPSA) is 43.6 Å². The normalized spacial score (nSPS) is 11.8. The molecule has 6 heteroatoms. The second-order valence-corrected chi connectivity index (χ2v) is 6.70. The highest BCUT2D eigenvalue weighted by molar-refractivity contribution is 7.99. The predicted molar refractivity (Wildman–Crippen MR) is 78.7 cm³/mol. The molecule has 19 heavy (non-hydrogen) atoms. The van der Waals surface area contributed by atoms with Crippen molar-refractivity contribution in [2.75, 3.05) is 5.75 Å². The smallest absolute Gasteiger partial charge is 0.209 e. The number of hydrogen-bond donors (Lipinski definition) is 0. The van der Waals surface area contributed by atoms with Crippen LogP contribution in [0.15, 0.2) is 29.4 Å². The molecule has 2 rings (SSSR count). The molecular formula is C13H17ClN4S. The van der Waals surface area contributed by atoms with Crippen LogP contribution in [0, 0.1) is 0 Å². The Kier molecular flexibility index (Phi) is 4.47. The van der Waals surface area contributed by atoms with Crippen LogP contribution in [0.2, 0.25) is 5.02 Å². The molecule has 0 unspecified atom stereocenters. The van der Waals surface area contributed by atoms with Crippen molar-refractivity contribution >= 4 is 23.4 Å². The number of nitrogens with zero attached hydrogens (tertiary/aromatic N) is 4. The zero-order valence-electron chi connectivity index (χ0n) is 11.3. The van der Waals surface area contributed by atoms with Crippen LogP contribution >= 0.6 is 23.4 Å². The van der Waals surface area contributed by atoms with E-state index in [9.17, 15) is 0 Å². The molecule has 0 aliphatic carbocycles. The average molecular weight is 297 g/mol. The highest BCUT2D eigenvalue weighted by Crippen LogP contribution is 2.23. The lowest BCUT2D eigenvalue weighted by atomic mass is 10.1. The third kappa shape index (κ3) is 3.70. The SMILES string of the molecule is CC(C)(C)n1nnnc1SCCc1ccccc1Cl. The summed E-state index contributed by atoms with van der Waals surface area (Å²) in [5.74, 6) is 0.903. The molecule has 1 aromatic heterocycles. The molecule has 0 bridgehead atoms. The number of tetrazole rings is 1. The molecule has 1 heterocycles. The summed E-state index contributed by atoms with van der Waals surface area (Å²) in [6.45, 7) is 6.25. The number of benzene rings is 1. The molecule has 0 aliphatic heterocycles. The Morgan fingerprint density at radius 2 is 2.00 bits per heavy atom. The van der Waals surface area contributed by atoms with Gasteiger partial charge in [-0.25, -0.2) is 4.68 Å². The first-order valence-corrected chi connectivity index (χ1v) is 7.50. The molecule has 0 saturated heterocycles. The van der Waals surface area contributed by atoms with Crippen molar-refractivity contribution in [3.63, 3.8) is 0 Å². The summed E-state index contributed by atoms with van der Waals surface area (Å²) < 4.78 is 1.85. The van der Waals surface area contributed by atoms with E-state index < -0.39 is 0 Å². The zero-order chi connectivity index (χ0) is 13.9. The Hall–Kier alpha value is -1.07. The summed E-state index contributed by atoms with van der Waals surface area (Å²) in [4.78, 5) is 0. The molecule has 4 nitrogen and oxygen atoms in total. The van der Waals surface area contributed by atoms with E-state index in [4.69, 9.17) is 11.6 Å². The molecule has 0 atom stereocenters. The van der Waals surface area contributed by atoms with E-state index in [1.54, 1.807) is 11.8 Å². The minimum atomic E-state index is -0.101. The highest BCUT2D eigenvalue weighted by atomic mass is 35.5. The standard InChI is InChI=1S/C13H17ClN4S/c1-13(2,3)18-12(15-16-17-18)19-9-8-10-6-4-5-7-11(10)14/h4-7H,8-9H2,1-3H3. The lowest BCUT2D eigenvalue weighted by Crippen LogP contribution is -2.24. The zero-order valence-corrected chi connectivity index (χ0v) is 12.9. The second kappa shape index (κ2) is 5.92. The van der Waals surface area contributed by atoms with E-state index in [0.717, 1.165) is 27.9 Å². The molecule has 102 valence electrons. The third-order valence-electron chi connectivity index (χ3n) is 2.64. The van der Waals surface area contributed by atoms with E-state index in [-0.39, 0.29) is 5.54 Å². The molecule has 0 aliphatic rings. The molecule has 0 N–H and O–H groups in total. The van der Waals surface area contributed by atoms with Gasteiger partial charge in [0.05, 0.1) is 5.54 Å². The third-order valence-corrected chi connectivity index (χ3v) is 3.93. The van der Waals surface area contributed by atoms with E-state index >= 15 is 0 Å². The van der Waals surface area contributed by atoms with Gasteiger partial charge in [0.2, 0.25) is 5.16 Å². The minimum Gasteiger partial charge on any atom is -0.215 e. The summed E-state index contributed by atoms with van der Waals surface area (Å²) >= 11 is 7.79. The number of halogens is 1. The fraction of sp³-hybridized carbons (Fsp3) is 0.462. The lowest BCUT2D eigenvalue weighted by molar-refractivity contribution is 0.321. The molecule has 0 amide bonds. The van der Waals surface area contributed by atoms with Crippen molar-refractivity contribution in [2.45, 2.75) is 37.9 Å². The summed E-state index contributed by atoms with van der Waals surface area (Å²) in [6.07, 6.45) is 0.904. The van der Waals surface area contributed by atoms with Crippen molar-refractivity contribution in [3.8, 4) is 0 Å². The molecule has 0 fully saturated rings. The number of aromatic nitrogens is 4. The van der Waals surface area contributed by atoms with Crippen LogP contribution in [0.3, 0.4) is 0 Å². The largest absolute Gasteiger partial charge is 0.215 e. The Morgan fingerprint density at radius 1 is 1.26 bits per heavy atom. The van der Waals surface area contributed by atoms with Crippen LogP contribution in [0.1, 0.15) is 26.3 Å². The number of aryl methyl sites for hydroxylation is 1. The van der Waals surface area contributed by atoms with Crippen molar-refractivity contribution in [3.05, 3.63) is 34.9 Å². The maximum Gasteiger partial charge on any atom is 0.209 e. The number of hydrogen-bond acceptors (Lipinski definition) is 4. The Balaban J connectivity index is 1.97. The molecule has 1 aromatic carbocycles. The van der Waals surface area contributed by atoms with Gasteiger partial charge in [-0.2, -0.15) is 0 Å². The summed E-state index contributed by atoms with van der Waals surface area (Å²) in [6, 6.07) is 7.92. The Labute approximate surface area is 122 Å². The fourth-order valence-corrected chi connectivity index (χ4v) is 2.91. The van der Waals surface area contributed by atoms with E-state index in [2.05, 4.69) is 42.4 Å². The van der Waals surface area contributed by atoms with Gasteiger partial charge < -0.3 is 0 Å². The molecule has 0 saturated carbocycles. The maximum absolute atomic E-state index is 6.13. The first-order valence-electron chi connectivity index (χ1n) is 6.13. The predicted octanol–water partition coefficient (Wildman–Crippen LogP) is 3.42. The van der Waals surface area contributed by atoms with Crippen molar-refractivity contribution < 1.29 is 0 Å². The van der Waals surface area contributed by atoms with Crippen molar-refractivity contribution in [1.82, 2.24) is 20.2 Å². The van der Waals surface area contributed by atoms with Gasteiger partial charge in [-0.1, -0.05) is 41.6 Å². The van der Waals surface area contributed by atoms with Gasteiger partial charge in [0.1, 0.15) is 0 Å². The van der Waals surface area contributed by atoms with Gasteiger partial charge in [0, 0.05) is 10.8 Å². The quantitative estimate of drug-likeness (QED) is 0.811. The average Bonchev–Trinajstić information content (AvgIpc) is 2.80. The van der Waals surface area contributed by atoms with Gasteiger partial charge >= 0.3 is 0 Å². The second-order valence-electron chi connectivity index (χ2n) is 5.23. The first-order chi connectivity index (χ1) is 8.98. The van der Waals surface area contributed by atoms with Crippen molar-refractivity contribution in [1.29, 1.82) is 0 Å². The molecule has 2 aromatic rings. The summed E-state index contributed by atoms with van der Waals surface area (Å²) in [7, 11) is 0. The van der Waals surface area contributed by atoms with Gasteiger partial charge in [0.15, 0.2) is 0 Å². The summed E-state index contributed by atoms with van der Waals surface area (Å²) in [5.41, 5.74) is 1.06. The molecule has 0 spiro atoms.